The van der Waals surface area contributed by atoms with Gasteiger partial charge in [-0.25, -0.2) is 4.72 Å². The van der Waals surface area contributed by atoms with Gasteiger partial charge in [0.25, 0.3) is 0 Å². The summed E-state index contributed by atoms with van der Waals surface area (Å²) in [4.78, 5) is 85.2. The molecule has 1 unspecified atom stereocenters. The zero-order valence-electron chi connectivity index (χ0n) is 22.7. The number of aliphatic carboxylic acids is 3. The highest BCUT2D eigenvalue weighted by molar-refractivity contribution is 8.27. The molecule has 5 atom stereocenters. The molecule has 0 aromatic heterocycles. The molecule has 0 aromatic rings. The zero-order chi connectivity index (χ0) is 31.9. The molecule has 0 aliphatic heterocycles. The highest BCUT2D eigenvalue weighted by Crippen LogP contribution is 2.07. The minimum atomic E-state index is -1.77. The largest absolute Gasteiger partial charge is 0.481 e. The molecule has 0 bridgehead atoms. The Bertz CT molecular complexity index is 1020. The van der Waals surface area contributed by atoms with Crippen LogP contribution >= 0.6 is 0 Å². The van der Waals surface area contributed by atoms with Gasteiger partial charge in [-0.05, 0) is 30.3 Å². The molecule has 0 saturated heterocycles. The third kappa shape index (κ3) is 16.2. The van der Waals surface area contributed by atoms with Gasteiger partial charge in [0.05, 0.1) is 25.3 Å². The molecule has 0 heterocycles. The quantitative estimate of drug-likeness (QED) is 0.0366. The van der Waals surface area contributed by atoms with Crippen molar-refractivity contribution in [1.29, 1.82) is 5.41 Å². The monoisotopic (exact) mass is 623 g/mol. The van der Waals surface area contributed by atoms with Gasteiger partial charge in [-0.15, -0.1) is 0 Å². The third-order valence-electron chi connectivity index (χ3n) is 5.24. The number of amides is 3. The first-order valence-corrected chi connectivity index (χ1v) is 14.8. The molecule has 0 aliphatic rings. The van der Waals surface area contributed by atoms with E-state index in [1.54, 1.807) is 0 Å². The predicted molar refractivity (Wildman–Crippen MR) is 149 cm³/mol. The molecule has 19 heteroatoms. The average molecular weight is 624 g/mol. The molecule has 0 saturated carbocycles. The highest BCUT2D eigenvalue weighted by Gasteiger charge is 2.33. The average Bonchev–Trinajstić information content (AvgIpc) is 2.82. The number of carboxylic acid groups (broad SMARTS) is 3. The molecule has 0 rings (SSSR count). The zero-order valence-corrected chi connectivity index (χ0v) is 24.4. The Morgan fingerprint density at radius 2 is 1.20 bits per heavy atom. The van der Waals surface area contributed by atoms with E-state index < -0.39 is 100 Å². The SMILES string of the molecule is CC(C)C(=O)[C@H](CC(=O)O)NC(=O)[C@H](CC(=O)O)NC(=O)[C@H](CCCNC(=N)N)NC(=O)[C@H](CC(=O)O)NS(C)=S. The molecular weight excluding hydrogens is 586 g/mol. The number of rotatable bonds is 20. The summed E-state index contributed by atoms with van der Waals surface area (Å²) in [6.45, 7) is 3.06. The van der Waals surface area contributed by atoms with Crippen molar-refractivity contribution in [2.45, 2.75) is 70.1 Å². The second-order valence-electron chi connectivity index (χ2n) is 9.14. The van der Waals surface area contributed by atoms with Crippen LogP contribution in [0.2, 0.25) is 0 Å². The Morgan fingerprint density at radius 1 is 0.780 bits per heavy atom. The number of carboxylic acids is 3. The van der Waals surface area contributed by atoms with Crippen LogP contribution in [0.5, 0.6) is 0 Å². The summed E-state index contributed by atoms with van der Waals surface area (Å²) in [5.74, 6) is -8.94. The molecule has 11 N–H and O–H groups in total. The Hall–Kier alpha value is -3.71. The van der Waals surface area contributed by atoms with Crippen LogP contribution in [0, 0.1) is 11.3 Å². The number of carbonyl (C=O) groups excluding carboxylic acids is 4. The van der Waals surface area contributed by atoms with E-state index >= 15 is 0 Å². The van der Waals surface area contributed by atoms with Gasteiger partial charge >= 0.3 is 17.9 Å². The number of ketones is 1. The standard InChI is InChI=1S/C22H37N7O10S2/c1-10(2)18(36)12(7-15(30)31)27-20(38)13(8-16(32)33)28-19(37)11(5-4-6-25-22(23)24)26-21(39)14(9-17(34)35)29-41(3)40/h10-14,29H,4-9H2,1-3H3,(H,26,39)(H,27,38)(H,28,37)(H,30,31)(H,32,33)(H,34,35)(H4,23,24,25)/t11-,12-,13-,14-,41?/m0/s1. The first kappa shape index (κ1) is 37.3. The number of hydrogen-bond donors (Lipinski definition) is 10. The summed E-state index contributed by atoms with van der Waals surface area (Å²) in [7, 11) is -0.986. The van der Waals surface area contributed by atoms with Crippen molar-refractivity contribution in [3.05, 3.63) is 0 Å². The van der Waals surface area contributed by atoms with Gasteiger partial charge < -0.3 is 42.3 Å². The first-order valence-electron chi connectivity index (χ1n) is 12.2. The van der Waals surface area contributed by atoms with Gasteiger partial charge in [0, 0.05) is 12.5 Å². The summed E-state index contributed by atoms with van der Waals surface area (Å²) in [5, 5.41) is 44.0. The fourth-order valence-electron chi connectivity index (χ4n) is 3.36. The Labute approximate surface area is 243 Å². The lowest BCUT2D eigenvalue weighted by Gasteiger charge is -2.26. The molecule has 0 aromatic carbocycles. The van der Waals surface area contributed by atoms with Gasteiger partial charge in [-0.2, -0.15) is 0 Å². The van der Waals surface area contributed by atoms with Gasteiger partial charge in [0.1, 0.15) is 18.1 Å². The van der Waals surface area contributed by atoms with Crippen LogP contribution in [0.1, 0.15) is 46.0 Å². The van der Waals surface area contributed by atoms with Gasteiger partial charge in [-0.3, -0.25) is 39.0 Å². The first-order chi connectivity index (χ1) is 18.9. The smallest absolute Gasteiger partial charge is 0.305 e. The lowest BCUT2D eigenvalue weighted by molar-refractivity contribution is -0.143. The number of nitrogens with one attached hydrogen (secondary N) is 6. The van der Waals surface area contributed by atoms with E-state index in [2.05, 4.69) is 26.0 Å². The highest BCUT2D eigenvalue weighted by atomic mass is 32.8. The normalized spacial score (nSPS) is 14.4. The number of nitrogens with two attached hydrogens (primary N) is 1. The third-order valence-corrected chi connectivity index (χ3v) is 6.15. The van der Waals surface area contributed by atoms with Crippen molar-refractivity contribution in [3.63, 3.8) is 0 Å². The molecule has 0 spiro atoms. The number of Topliss-reactive ketones (excluding diaryl/α,β-unsaturated/α-hetero) is 1. The van der Waals surface area contributed by atoms with E-state index in [9.17, 15) is 38.7 Å². The van der Waals surface area contributed by atoms with Crippen molar-refractivity contribution in [1.82, 2.24) is 26.0 Å². The number of hydrogen-bond acceptors (Lipinski definition) is 9. The maximum absolute atomic E-state index is 13.2. The van der Waals surface area contributed by atoms with Crippen molar-refractivity contribution in [3.8, 4) is 0 Å². The molecule has 232 valence electrons. The maximum Gasteiger partial charge on any atom is 0.305 e. The minimum Gasteiger partial charge on any atom is -0.481 e. The summed E-state index contributed by atoms with van der Waals surface area (Å²) < 4.78 is 2.62. The van der Waals surface area contributed by atoms with Crippen molar-refractivity contribution in [2.24, 2.45) is 11.7 Å². The Balaban J connectivity index is 5.99. The lowest BCUT2D eigenvalue weighted by atomic mass is 9.98. The fraction of sp³-hybridized carbons (Fsp3) is 0.636. The maximum atomic E-state index is 13.2. The summed E-state index contributed by atoms with van der Waals surface area (Å²) in [5.41, 5.74) is 5.23. The van der Waals surface area contributed by atoms with E-state index in [1.165, 1.54) is 20.1 Å². The van der Waals surface area contributed by atoms with Crippen LogP contribution in [0.3, 0.4) is 0 Å². The van der Waals surface area contributed by atoms with E-state index in [0.717, 1.165) is 0 Å². The molecular formula is C22H37N7O10S2. The van der Waals surface area contributed by atoms with Crippen LogP contribution in [0.25, 0.3) is 0 Å². The van der Waals surface area contributed by atoms with Crippen molar-refractivity contribution >= 4 is 68.2 Å². The van der Waals surface area contributed by atoms with Gasteiger partial charge in [0.2, 0.25) is 17.7 Å². The second kappa shape index (κ2) is 18.6. The van der Waals surface area contributed by atoms with Crippen LogP contribution in [-0.4, -0.2) is 99.7 Å². The molecule has 41 heavy (non-hydrogen) atoms. The van der Waals surface area contributed by atoms with E-state index in [4.69, 9.17) is 32.5 Å². The van der Waals surface area contributed by atoms with E-state index in [-0.39, 0.29) is 25.3 Å². The van der Waals surface area contributed by atoms with Crippen LogP contribution in [0.15, 0.2) is 0 Å². The number of carbonyl (C=O) groups is 7. The fourth-order valence-corrected chi connectivity index (χ4v) is 4.30. The van der Waals surface area contributed by atoms with Crippen LogP contribution in [0.4, 0.5) is 0 Å². The second-order valence-corrected chi connectivity index (χ2v) is 11.8. The summed E-state index contributed by atoms with van der Waals surface area (Å²) in [6, 6.07) is -5.99. The molecule has 0 fully saturated rings. The van der Waals surface area contributed by atoms with E-state index in [1.807, 2.05) is 0 Å². The van der Waals surface area contributed by atoms with E-state index in [0.29, 0.717) is 0 Å². The molecule has 0 aliphatic carbocycles. The van der Waals surface area contributed by atoms with Crippen molar-refractivity contribution < 1.29 is 48.9 Å². The van der Waals surface area contributed by atoms with Crippen LogP contribution in [-0.2, 0) is 54.4 Å². The predicted octanol–water partition coefficient (Wildman–Crippen LogP) is -3.06. The molecule has 3 amide bonds. The lowest BCUT2D eigenvalue weighted by Crippen LogP contribution is -2.58. The summed E-state index contributed by atoms with van der Waals surface area (Å²) in [6.07, 6.45) is -0.841. The Morgan fingerprint density at radius 3 is 1.66 bits per heavy atom. The Kier molecular flexibility index (Phi) is 16.9. The van der Waals surface area contributed by atoms with Crippen LogP contribution < -0.4 is 31.7 Å². The number of guanidine groups is 1. The minimum absolute atomic E-state index is 0.101. The molecule has 0 radical (unpaired) electrons. The van der Waals surface area contributed by atoms with Gasteiger partial charge in [0.15, 0.2) is 11.7 Å². The molecule has 17 nitrogen and oxygen atoms in total. The topological polar surface area (TPSA) is 290 Å². The summed E-state index contributed by atoms with van der Waals surface area (Å²) >= 11 is 4.99. The van der Waals surface area contributed by atoms with Crippen molar-refractivity contribution in [2.75, 3.05) is 12.8 Å². The van der Waals surface area contributed by atoms with Gasteiger partial charge in [-0.1, -0.05) is 23.5 Å².